The van der Waals surface area contributed by atoms with Crippen LogP contribution < -0.4 is 11.2 Å². The van der Waals surface area contributed by atoms with Crippen molar-refractivity contribution in [3.05, 3.63) is 56.6 Å². The number of hydrogen-bond donors (Lipinski definition) is 0. The fourth-order valence-corrected chi connectivity index (χ4v) is 5.67. The van der Waals surface area contributed by atoms with Crippen LogP contribution in [0.25, 0.3) is 10.9 Å². The molecule has 9 nitrogen and oxygen atoms in total. The van der Waals surface area contributed by atoms with Gasteiger partial charge in [-0.3, -0.25) is 18.3 Å². The third-order valence-electron chi connectivity index (χ3n) is 5.80. The molecule has 0 saturated heterocycles. The Balaban J connectivity index is 1.87. The zero-order valence-corrected chi connectivity index (χ0v) is 18.7. The molecule has 2 heterocycles. The lowest BCUT2D eigenvalue weighted by Gasteiger charge is -2.15. The van der Waals surface area contributed by atoms with Crippen molar-refractivity contribution in [3.63, 3.8) is 0 Å². The van der Waals surface area contributed by atoms with Crippen molar-refractivity contribution in [1.82, 2.24) is 14.3 Å². The molecule has 0 atom stereocenters. The molecule has 0 unspecified atom stereocenters. The van der Waals surface area contributed by atoms with Crippen LogP contribution in [0.15, 0.2) is 43.3 Å². The fraction of sp³-hybridized carbons (Fsp3) is 0.476. The summed E-state index contributed by atoms with van der Waals surface area (Å²) in [6.45, 7) is 1.25. The first-order chi connectivity index (χ1) is 15.2. The van der Waals surface area contributed by atoms with Crippen molar-refractivity contribution in [3.8, 4) is 0 Å². The zero-order chi connectivity index (χ0) is 23.1. The van der Waals surface area contributed by atoms with Crippen LogP contribution in [-0.2, 0) is 27.7 Å². The lowest BCUT2D eigenvalue weighted by Crippen LogP contribution is -2.41. The summed E-state index contributed by atoms with van der Waals surface area (Å²) in [7, 11) is -2.32. The first-order valence-electron chi connectivity index (χ1n) is 10.2. The molecule has 0 radical (unpaired) electrons. The minimum Gasteiger partial charge on any atom is -0.383 e. The molecule has 11 heteroatoms. The molecular formula is C21H24FN3O6S. The number of sulfone groups is 1. The summed E-state index contributed by atoms with van der Waals surface area (Å²) in [6.07, 6.45) is 1.05. The van der Waals surface area contributed by atoms with Gasteiger partial charge in [-0.25, -0.2) is 13.2 Å². The van der Waals surface area contributed by atoms with Crippen molar-refractivity contribution in [2.24, 2.45) is 5.41 Å². The molecule has 2 aromatic heterocycles. The molecule has 1 aliphatic carbocycles. The predicted molar refractivity (Wildman–Crippen MR) is 114 cm³/mol. The van der Waals surface area contributed by atoms with E-state index in [0.717, 1.165) is 4.57 Å². The van der Waals surface area contributed by atoms with E-state index in [0.29, 0.717) is 29.8 Å². The number of hydrogen-bond acceptors (Lipinski definition) is 7. The summed E-state index contributed by atoms with van der Waals surface area (Å²) in [5, 5.41) is 3.84. The van der Waals surface area contributed by atoms with Gasteiger partial charge in [-0.1, -0.05) is 5.16 Å². The van der Waals surface area contributed by atoms with Gasteiger partial charge in [0, 0.05) is 18.6 Å². The first-order valence-corrected chi connectivity index (χ1v) is 11.8. The third-order valence-corrected chi connectivity index (χ3v) is 7.77. The van der Waals surface area contributed by atoms with Crippen LogP contribution in [0.2, 0.25) is 0 Å². The summed E-state index contributed by atoms with van der Waals surface area (Å²) in [5.74, 6) is 0.0124. The van der Waals surface area contributed by atoms with Gasteiger partial charge in [-0.15, -0.1) is 0 Å². The minimum atomic E-state index is -3.81. The number of fused-ring (bicyclic) bond motifs is 1. The van der Waals surface area contributed by atoms with Gasteiger partial charge in [0.05, 0.1) is 53.6 Å². The number of alkyl halides is 1. The molecule has 1 saturated carbocycles. The normalized spacial score (nSPS) is 15.3. The first kappa shape index (κ1) is 22.4. The number of ether oxygens (including phenoxy) is 1. The monoisotopic (exact) mass is 465 g/mol. The van der Waals surface area contributed by atoms with Gasteiger partial charge < -0.3 is 9.26 Å². The van der Waals surface area contributed by atoms with Crippen LogP contribution in [-0.4, -0.2) is 48.9 Å². The van der Waals surface area contributed by atoms with Gasteiger partial charge >= 0.3 is 5.69 Å². The van der Waals surface area contributed by atoms with E-state index >= 15 is 0 Å². The van der Waals surface area contributed by atoms with Crippen LogP contribution >= 0.6 is 0 Å². The Morgan fingerprint density at radius 1 is 1.22 bits per heavy atom. The molecule has 4 rings (SSSR count). The van der Waals surface area contributed by atoms with Crippen molar-refractivity contribution in [2.75, 3.05) is 26.1 Å². The molecule has 32 heavy (non-hydrogen) atoms. The largest absolute Gasteiger partial charge is 0.383 e. The maximum atomic E-state index is 13.3. The average Bonchev–Trinajstić information content (AvgIpc) is 3.41. The number of methoxy groups -OCH3 is 1. The van der Waals surface area contributed by atoms with E-state index < -0.39 is 33.2 Å². The summed E-state index contributed by atoms with van der Waals surface area (Å²) >= 11 is 0. The van der Waals surface area contributed by atoms with Gasteiger partial charge in [0.2, 0.25) is 0 Å². The van der Waals surface area contributed by atoms with E-state index in [4.69, 9.17) is 9.26 Å². The second kappa shape index (κ2) is 8.28. The van der Waals surface area contributed by atoms with Gasteiger partial charge in [0.25, 0.3) is 5.56 Å². The molecule has 1 fully saturated rings. The average molecular weight is 466 g/mol. The van der Waals surface area contributed by atoms with E-state index in [1.807, 2.05) is 0 Å². The summed E-state index contributed by atoms with van der Waals surface area (Å²) in [4.78, 5) is 26.2. The van der Waals surface area contributed by atoms with Gasteiger partial charge in [-0.2, -0.15) is 0 Å². The summed E-state index contributed by atoms with van der Waals surface area (Å²) < 4.78 is 51.7. The van der Waals surface area contributed by atoms with E-state index in [2.05, 4.69) is 5.16 Å². The standard InChI is InChI=1S/C21H24FN3O6S/c1-14-9-15(31-23-14)11-25-19(26)17-10-16(32(28,29)13-21(12-22)5-6-21)3-4-18(17)24(20(25)27)7-8-30-2/h3-4,9-10H,5-8,11-13H2,1-2H3. The van der Waals surface area contributed by atoms with Crippen LogP contribution in [0.1, 0.15) is 24.3 Å². The molecule has 0 bridgehead atoms. The maximum Gasteiger partial charge on any atom is 0.331 e. The highest BCUT2D eigenvalue weighted by atomic mass is 32.2. The lowest BCUT2D eigenvalue weighted by molar-refractivity contribution is 0.186. The number of aromatic nitrogens is 3. The van der Waals surface area contributed by atoms with E-state index in [1.165, 1.54) is 29.9 Å². The van der Waals surface area contributed by atoms with Crippen molar-refractivity contribution in [2.45, 2.75) is 37.8 Å². The highest BCUT2D eigenvalue weighted by molar-refractivity contribution is 7.91. The number of halogens is 1. The molecule has 1 aliphatic rings. The van der Waals surface area contributed by atoms with E-state index in [9.17, 15) is 22.4 Å². The van der Waals surface area contributed by atoms with Crippen molar-refractivity contribution in [1.29, 1.82) is 0 Å². The Hall–Kier alpha value is -2.79. The molecule has 0 amide bonds. The van der Waals surface area contributed by atoms with Crippen LogP contribution in [0.4, 0.5) is 4.39 Å². The Morgan fingerprint density at radius 2 is 1.97 bits per heavy atom. The molecule has 1 aromatic carbocycles. The Labute approximate surface area is 183 Å². The second-order valence-corrected chi connectivity index (χ2v) is 10.3. The lowest BCUT2D eigenvalue weighted by atomic mass is 10.2. The quantitative estimate of drug-likeness (QED) is 0.472. The number of benzene rings is 1. The number of nitrogens with zero attached hydrogens (tertiary/aromatic N) is 3. The highest BCUT2D eigenvalue weighted by Gasteiger charge is 2.46. The van der Waals surface area contributed by atoms with Crippen molar-refractivity contribution < 1.29 is 22.1 Å². The number of rotatable bonds is 9. The van der Waals surface area contributed by atoms with Crippen molar-refractivity contribution >= 4 is 20.7 Å². The Bertz CT molecular complexity index is 1380. The molecular weight excluding hydrogens is 441 g/mol. The fourth-order valence-electron chi connectivity index (χ4n) is 3.76. The maximum absolute atomic E-state index is 13.3. The van der Waals surface area contributed by atoms with Gasteiger partial charge in [0.15, 0.2) is 15.6 Å². The van der Waals surface area contributed by atoms with Gasteiger partial charge in [0.1, 0.15) is 0 Å². The second-order valence-electron chi connectivity index (χ2n) is 8.32. The van der Waals surface area contributed by atoms with Gasteiger partial charge in [-0.05, 0) is 38.0 Å². The van der Waals surface area contributed by atoms with E-state index in [1.54, 1.807) is 13.0 Å². The molecule has 3 aromatic rings. The highest BCUT2D eigenvalue weighted by Crippen LogP contribution is 2.47. The predicted octanol–water partition coefficient (Wildman–Crippen LogP) is 1.68. The Morgan fingerprint density at radius 3 is 2.56 bits per heavy atom. The minimum absolute atomic E-state index is 0.0687. The topological polar surface area (TPSA) is 113 Å². The zero-order valence-electron chi connectivity index (χ0n) is 17.8. The summed E-state index contributed by atoms with van der Waals surface area (Å²) in [5.41, 5.74) is -1.14. The Kier molecular flexibility index (Phi) is 5.80. The SMILES string of the molecule is COCCn1c(=O)n(Cc2cc(C)no2)c(=O)c2cc(S(=O)(=O)CC3(CF)CC3)ccc21. The smallest absolute Gasteiger partial charge is 0.331 e. The third kappa shape index (κ3) is 4.14. The van der Waals surface area contributed by atoms with Crippen LogP contribution in [0, 0.1) is 12.3 Å². The molecule has 0 aliphatic heterocycles. The van der Waals surface area contributed by atoms with Crippen LogP contribution in [0.3, 0.4) is 0 Å². The molecule has 0 N–H and O–H groups in total. The van der Waals surface area contributed by atoms with Crippen LogP contribution in [0.5, 0.6) is 0 Å². The molecule has 0 spiro atoms. The van der Waals surface area contributed by atoms with E-state index in [-0.39, 0.29) is 35.7 Å². The summed E-state index contributed by atoms with van der Waals surface area (Å²) in [6, 6.07) is 5.69. The number of aryl methyl sites for hydroxylation is 1. The molecule has 172 valence electrons.